The number of amides is 1. The normalized spacial score (nSPS) is 12.2. The predicted molar refractivity (Wildman–Crippen MR) is 109 cm³/mol. The van der Waals surface area contributed by atoms with Gasteiger partial charge < -0.3 is 14.7 Å². The molecule has 3 rings (SSSR count). The SMILES string of the molecule is Cc1ccccc1-c1noc(CC(=O)NCC(c2cccc(Cl)c2)N(C)C)n1. The van der Waals surface area contributed by atoms with Crippen LogP contribution in [0.5, 0.6) is 0 Å². The molecule has 0 fully saturated rings. The maximum absolute atomic E-state index is 12.4. The van der Waals surface area contributed by atoms with Crippen LogP contribution in [0.25, 0.3) is 11.4 Å². The topological polar surface area (TPSA) is 71.3 Å². The lowest BCUT2D eigenvalue weighted by atomic mass is 10.1. The van der Waals surface area contributed by atoms with E-state index in [9.17, 15) is 4.79 Å². The van der Waals surface area contributed by atoms with Gasteiger partial charge in [0.05, 0.1) is 6.04 Å². The molecule has 1 aromatic heterocycles. The van der Waals surface area contributed by atoms with Gasteiger partial charge in [-0.15, -0.1) is 0 Å². The van der Waals surface area contributed by atoms with Gasteiger partial charge in [-0.25, -0.2) is 0 Å². The van der Waals surface area contributed by atoms with Crippen LogP contribution in [0.2, 0.25) is 5.02 Å². The number of hydrogen-bond acceptors (Lipinski definition) is 5. The molecule has 6 nitrogen and oxygen atoms in total. The minimum Gasteiger partial charge on any atom is -0.354 e. The van der Waals surface area contributed by atoms with Gasteiger partial charge in [-0.3, -0.25) is 4.79 Å². The first kappa shape index (κ1) is 20.0. The Labute approximate surface area is 169 Å². The Kier molecular flexibility index (Phi) is 6.44. The number of aromatic nitrogens is 2. The van der Waals surface area contributed by atoms with E-state index in [2.05, 4.69) is 15.5 Å². The smallest absolute Gasteiger partial charge is 0.236 e. The molecule has 1 amide bonds. The molecule has 1 unspecified atom stereocenters. The van der Waals surface area contributed by atoms with Crippen molar-refractivity contribution in [3.8, 4) is 11.4 Å². The van der Waals surface area contributed by atoms with Crippen molar-refractivity contribution in [2.24, 2.45) is 0 Å². The summed E-state index contributed by atoms with van der Waals surface area (Å²) in [5.41, 5.74) is 2.98. The summed E-state index contributed by atoms with van der Waals surface area (Å²) in [6.07, 6.45) is 0.0363. The molecule has 7 heteroatoms. The van der Waals surface area contributed by atoms with Crippen LogP contribution in [0, 0.1) is 6.92 Å². The minimum absolute atomic E-state index is 0.00728. The van der Waals surface area contributed by atoms with Crippen LogP contribution in [-0.4, -0.2) is 41.6 Å². The molecule has 0 aliphatic carbocycles. The van der Waals surface area contributed by atoms with Crippen molar-refractivity contribution in [1.82, 2.24) is 20.4 Å². The van der Waals surface area contributed by atoms with Crippen molar-refractivity contribution in [3.05, 3.63) is 70.6 Å². The quantitative estimate of drug-likeness (QED) is 0.657. The number of benzene rings is 2. The van der Waals surface area contributed by atoms with E-state index in [1.165, 1.54) is 0 Å². The monoisotopic (exact) mass is 398 g/mol. The third kappa shape index (κ3) is 4.97. The molecule has 0 saturated carbocycles. The van der Waals surface area contributed by atoms with Gasteiger partial charge >= 0.3 is 0 Å². The third-order valence-corrected chi connectivity index (χ3v) is 4.75. The van der Waals surface area contributed by atoms with Crippen LogP contribution in [0.1, 0.15) is 23.1 Å². The molecule has 3 aromatic rings. The molecule has 1 heterocycles. The van der Waals surface area contributed by atoms with Gasteiger partial charge in [0.2, 0.25) is 17.6 Å². The summed E-state index contributed by atoms with van der Waals surface area (Å²) in [6, 6.07) is 15.4. The van der Waals surface area contributed by atoms with Crippen molar-refractivity contribution in [2.75, 3.05) is 20.6 Å². The number of carbonyl (C=O) groups excluding carboxylic acids is 1. The minimum atomic E-state index is -0.172. The van der Waals surface area contributed by atoms with Crippen molar-refractivity contribution < 1.29 is 9.32 Å². The highest BCUT2D eigenvalue weighted by molar-refractivity contribution is 6.30. The number of carbonyl (C=O) groups is 1. The predicted octanol–water partition coefficient (Wildman–Crippen LogP) is 3.66. The number of aryl methyl sites for hydroxylation is 1. The van der Waals surface area contributed by atoms with Crippen molar-refractivity contribution in [3.63, 3.8) is 0 Å². The summed E-state index contributed by atoms with van der Waals surface area (Å²) in [7, 11) is 3.93. The molecule has 0 bridgehead atoms. The maximum Gasteiger partial charge on any atom is 0.236 e. The highest BCUT2D eigenvalue weighted by Gasteiger charge is 2.18. The number of nitrogens with zero attached hydrogens (tertiary/aromatic N) is 3. The first-order chi connectivity index (χ1) is 13.4. The van der Waals surface area contributed by atoms with Crippen LogP contribution in [0.4, 0.5) is 0 Å². The van der Waals surface area contributed by atoms with Crippen LogP contribution in [-0.2, 0) is 11.2 Å². The molecule has 0 spiro atoms. The van der Waals surface area contributed by atoms with E-state index < -0.39 is 0 Å². The van der Waals surface area contributed by atoms with E-state index in [-0.39, 0.29) is 18.4 Å². The first-order valence-corrected chi connectivity index (χ1v) is 9.39. The van der Waals surface area contributed by atoms with Gasteiger partial charge in [-0.05, 0) is 44.3 Å². The standard InChI is InChI=1S/C21H23ClN4O2/c1-14-7-4-5-10-17(14)21-24-20(28-25-21)12-19(27)23-13-18(26(2)3)15-8-6-9-16(22)11-15/h4-11,18H,12-13H2,1-3H3,(H,23,27). The number of hydrogen-bond donors (Lipinski definition) is 1. The Morgan fingerprint density at radius 3 is 2.71 bits per heavy atom. The van der Waals surface area contributed by atoms with E-state index in [0.29, 0.717) is 23.3 Å². The van der Waals surface area contributed by atoms with Crippen molar-refractivity contribution in [2.45, 2.75) is 19.4 Å². The van der Waals surface area contributed by atoms with Crippen LogP contribution < -0.4 is 5.32 Å². The average molecular weight is 399 g/mol. The fourth-order valence-corrected chi connectivity index (χ4v) is 3.18. The lowest BCUT2D eigenvalue weighted by Gasteiger charge is -2.25. The average Bonchev–Trinajstić information content (AvgIpc) is 3.10. The second kappa shape index (κ2) is 8.99. The molecule has 0 aliphatic heterocycles. The second-order valence-electron chi connectivity index (χ2n) is 6.84. The van der Waals surface area contributed by atoms with Crippen LogP contribution in [0.3, 0.4) is 0 Å². The van der Waals surface area contributed by atoms with Gasteiger partial charge in [0.1, 0.15) is 6.42 Å². The molecular weight excluding hydrogens is 376 g/mol. The lowest BCUT2D eigenvalue weighted by molar-refractivity contribution is -0.121. The molecule has 1 N–H and O–H groups in total. The van der Waals surface area contributed by atoms with Crippen LogP contribution in [0.15, 0.2) is 53.1 Å². The first-order valence-electron chi connectivity index (χ1n) is 9.01. The molecular formula is C21H23ClN4O2. The van der Waals surface area contributed by atoms with Gasteiger partial charge in [0.15, 0.2) is 0 Å². The summed E-state index contributed by atoms with van der Waals surface area (Å²) in [5, 5.41) is 7.60. The second-order valence-corrected chi connectivity index (χ2v) is 7.28. The van der Waals surface area contributed by atoms with E-state index >= 15 is 0 Å². The highest BCUT2D eigenvalue weighted by atomic mass is 35.5. The molecule has 0 radical (unpaired) electrons. The Morgan fingerprint density at radius 2 is 2.00 bits per heavy atom. The molecule has 146 valence electrons. The van der Waals surface area contributed by atoms with E-state index in [1.54, 1.807) is 0 Å². The summed E-state index contributed by atoms with van der Waals surface area (Å²) in [6.45, 7) is 2.43. The summed E-state index contributed by atoms with van der Waals surface area (Å²) in [4.78, 5) is 18.8. The van der Waals surface area contributed by atoms with Crippen LogP contribution >= 0.6 is 11.6 Å². The Hall–Kier alpha value is -2.70. The number of halogens is 1. The molecule has 0 aliphatic rings. The zero-order valence-corrected chi connectivity index (χ0v) is 16.9. The van der Waals surface area contributed by atoms with E-state index in [1.807, 2.05) is 74.4 Å². The third-order valence-electron chi connectivity index (χ3n) is 4.52. The number of nitrogens with one attached hydrogen (secondary N) is 1. The van der Waals surface area contributed by atoms with Gasteiger partial charge in [-0.2, -0.15) is 4.98 Å². The highest BCUT2D eigenvalue weighted by Crippen LogP contribution is 2.22. The van der Waals surface area contributed by atoms with Crippen molar-refractivity contribution >= 4 is 17.5 Å². The Balaban J connectivity index is 1.62. The zero-order valence-electron chi connectivity index (χ0n) is 16.1. The maximum atomic E-state index is 12.4. The summed E-state index contributed by atoms with van der Waals surface area (Å²) in [5.74, 6) is 0.611. The number of likely N-dealkylation sites (N-methyl/N-ethyl adjacent to an activating group) is 1. The Bertz CT molecular complexity index is 955. The van der Waals surface area contributed by atoms with Crippen molar-refractivity contribution in [1.29, 1.82) is 0 Å². The molecule has 28 heavy (non-hydrogen) atoms. The summed E-state index contributed by atoms with van der Waals surface area (Å²) >= 11 is 6.09. The molecule has 2 aromatic carbocycles. The van der Waals surface area contributed by atoms with E-state index in [0.717, 1.165) is 16.7 Å². The fraction of sp³-hybridized carbons (Fsp3) is 0.286. The fourth-order valence-electron chi connectivity index (χ4n) is 2.98. The molecule has 0 saturated heterocycles. The number of rotatable bonds is 7. The van der Waals surface area contributed by atoms with Gasteiger partial charge in [-0.1, -0.05) is 53.2 Å². The van der Waals surface area contributed by atoms with Gasteiger partial charge in [0, 0.05) is 17.1 Å². The lowest BCUT2D eigenvalue weighted by Crippen LogP contribution is -2.35. The zero-order chi connectivity index (χ0) is 20.1. The van der Waals surface area contributed by atoms with Gasteiger partial charge in [0.25, 0.3) is 0 Å². The Morgan fingerprint density at radius 1 is 1.21 bits per heavy atom. The molecule has 1 atom stereocenters. The van der Waals surface area contributed by atoms with E-state index in [4.69, 9.17) is 16.1 Å². The summed E-state index contributed by atoms with van der Waals surface area (Å²) < 4.78 is 5.25. The largest absolute Gasteiger partial charge is 0.354 e.